The van der Waals surface area contributed by atoms with E-state index in [-0.39, 0.29) is 11.2 Å². The molecule has 0 aliphatic carbocycles. The minimum absolute atomic E-state index is 0.0535. The van der Waals surface area contributed by atoms with Crippen molar-refractivity contribution in [2.24, 2.45) is 0 Å². The number of thioether (sulfide) groups is 1. The molecule has 1 aromatic carbocycles. The summed E-state index contributed by atoms with van der Waals surface area (Å²) in [6, 6.07) is 8.28. The van der Waals surface area contributed by atoms with Crippen molar-refractivity contribution in [1.82, 2.24) is 5.32 Å². The van der Waals surface area contributed by atoms with Crippen LogP contribution < -0.4 is 5.32 Å². The average Bonchev–Trinajstić information content (AvgIpc) is 2.82. The second-order valence-corrected chi connectivity index (χ2v) is 7.04. The maximum absolute atomic E-state index is 12.0. The van der Waals surface area contributed by atoms with Crippen molar-refractivity contribution in [2.75, 3.05) is 6.54 Å². The first-order valence-electron chi connectivity index (χ1n) is 6.37. The molecule has 2 atom stereocenters. The van der Waals surface area contributed by atoms with Crippen LogP contribution in [0.2, 0.25) is 0 Å². The van der Waals surface area contributed by atoms with Crippen LogP contribution in [0.3, 0.4) is 0 Å². The van der Waals surface area contributed by atoms with Gasteiger partial charge in [0.2, 0.25) is 5.91 Å². The first kappa shape index (κ1) is 13.9. The lowest BCUT2D eigenvalue weighted by molar-refractivity contribution is -0.120. The van der Waals surface area contributed by atoms with Gasteiger partial charge < -0.3 is 5.32 Å². The molecule has 0 saturated heterocycles. The lowest BCUT2D eigenvalue weighted by atomic mass is 10.1. The third-order valence-electron chi connectivity index (χ3n) is 3.14. The molecule has 0 spiro atoms. The molecule has 0 bridgehead atoms. The van der Waals surface area contributed by atoms with Crippen LogP contribution in [0, 0.1) is 0 Å². The molecule has 0 saturated carbocycles. The zero-order chi connectivity index (χ0) is 13.0. The predicted octanol–water partition coefficient (Wildman–Crippen LogP) is 3.38. The van der Waals surface area contributed by atoms with E-state index in [2.05, 4.69) is 40.3 Å². The summed E-state index contributed by atoms with van der Waals surface area (Å²) in [6.45, 7) is 2.90. The Morgan fingerprint density at radius 1 is 1.56 bits per heavy atom. The molecule has 98 valence electrons. The van der Waals surface area contributed by atoms with Crippen LogP contribution in [-0.2, 0) is 11.2 Å². The molecule has 0 fully saturated rings. The Kier molecular flexibility index (Phi) is 5.13. The van der Waals surface area contributed by atoms with Crippen molar-refractivity contribution in [2.45, 2.75) is 41.2 Å². The van der Waals surface area contributed by atoms with Gasteiger partial charge >= 0.3 is 0 Å². The van der Waals surface area contributed by atoms with E-state index in [0.29, 0.717) is 4.83 Å². The molecular weight excluding hydrogens is 310 g/mol. The zero-order valence-corrected chi connectivity index (χ0v) is 12.9. The van der Waals surface area contributed by atoms with E-state index < -0.39 is 0 Å². The van der Waals surface area contributed by atoms with Gasteiger partial charge in [0.15, 0.2) is 0 Å². The van der Waals surface area contributed by atoms with Gasteiger partial charge in [-0.2, -0.15) is 0 Å². The maximum atomic E-state index is 12.0. The number of rotatable bonds is 5. The van der Waals surface area contributed by atoms with Gasteiger partial charge in [0.25, 0.3) is 0 Å². The molecule has 1 amide bonds. The molecule has 18 heavy (non-hydrogen) atoms. The van der Waals surface area contributed by atoms with E-state index in [4.69, 9.17) is 0 Å². The minimum atomic E-state index is 0.0535. The van der Waals surface area contributed by atoms with Gasteiger partial charge in [0.05, 0.1) is 5.25 Å². The van der Waals surface area contributed by atoms with Gasteiger partial charge in [-0.1, -0.05) is 41.1 Å². The number of nitrogens with one attached hydrogen (secondary N) is 1. The monoisotopic (exact) mass is 327 g/mol. The number of fused-ring (bicyclic) bond motifs is 1. The maximum Gasteiger partial charge on any atom is 0.233 e. The van der Waals surface area contributed by atoms with E-state index in [9.17, 15) is 4.79 Å². The molecule has 1 aromatic rings. The Labute approximate surface area is 121 Å². The Morgan fingerprint density at radius 2 is 2.33 bits per heavy atom. The highest BCUT2D eigenvalue weighted by molar-refractivity contribution is 9.09. The normalized spacial score (nSPS) is 19.3. The topological polar surface area (TPSA) is 29.1 Å². The Hall–Kier alpha value is -0.480. The fraction of sp³-hybridized carbons (Fsp3) is 0.500. The van der Waals surface area contributed by atoms with E-state index in [1.54, 1.807) is 11.8 Å². The summed E-state index contributed by atoms with van der Waals surface area (Å²) >= 11 is 5.26. The van der Waals surface area contributed by atoms with Gasteiger partial charge in [-0.3, -0.25) is 4.79 Å². The van der Waals surface area contributed by atoms with Crippen LogP contribution in [0.5, 0.6) is 0 Å². The van der Waals surface area contributed by atoms with Crippen LogP contribution in [0.1, 0.15) is 25.3 Å². The van der Waals surface area contributed by atoms with Crippen molar-refractivity contribution in [3.63, 3.8) is 0 Å². The van der Waals surface area contributed by atoms with Crippen LogP contribution in [0.25, 0.3) is 0 Å². The van der Waals surface area contributed by atoms with Gasteiger partial charge in [-0.15, -0.1) is 11.8 Å². The third-order valence-corrected chi connectivity index (χ3v) is 5.56. The molecule has 0 aromatic heterocycles. The lowest BCUT2D eigenvalue weighted by Gasteiger charge is -2.11. The molecule has 0 radical (unpaired) electrons. The van der Waals surface area contributed by atoms with Crippen molar-refractivity contribution < 1.29 is 4.79 Å². The van der Waals surface area contributed by atoms with E-state index in [1.807, 2.05) is 12.1 Å². The molecule has 2 nitrogen and oxygen atoms in total. The molecule has 4 heteroatoms. The number of benzene rings is 1. The number of alkyl halides is 1. The summed E-state index contributed by atoms with van der Waals surface area (Å²) in [4.78, 5) is 13.8. The second kappa shape index (κ2) is 6.62. The number of halogens is 1. The second-order valence-electron chi connectivity index (χ2n) is 4.50. The van der Waals surface area contributed by atoms with Gasteiger partial charge in [-0.05, 0) is 30.9 Å². The van der Waals surface area contributed by atoms with Crippen molar-refractivity contribution in [1.29, 1.82) is 0 Å². The van der Waals surface area contributed by atoms with Crippen LogP contribution in [0.15, 0.2) is 29.2 Å². The first-order valence-corrected chi connectivity index (χ1v) is 8.16. The molecule has 2 rings (SSSR count). The summed E-state index contributed by atoms with van der Waals surface area (Å²) in [5, 5.41) is 3.09. The van der Waals surface area contributed by atoms with Crippen LogP contribution in [-0.4, -0.2) is 22.5 Å². The van der Waals surface area contributed by atoms with Crippen molar-refractivity contribution in [3.8, 4) is 0 Å². The molecule has 2 unspecified atom stereocenters. The standard InChI is InChI=1S/C14H18BrNOS/c1-2-11(15)7-8-16-14(17)13-9-10-5-3-4-6-12(10)18-13/h3-6,11,13H,2,7-9H2,1H3,(H,16,17). The molecular formula is C14H18BrNOS. The molecule has 1 N–H and O–H groups in total. The molecule has 1 aliphatic rings. The largest absolute Gasteiger partial charge is 0.355 e. The Morgan fingerprint density at radius 3 is 3.06 bits per heavy atom. The molecule has 1 heterocycles. The Bertz CT molecular complexity index is 399. The SMILES string of the molecule is CCC(Br)CCNC(=O)C1Cc2ccccc2S1. The zero-order valence-electron chi connectivity index (χ0n) is 10.5. The smallest absolute Gasteiger partial charge is 0.233 e. The van der Waals surface area contributed by atoms with E-state index in [0.717, 1.165) is 25.8 Å². The predicted molar refractivity (Wildman–Crippen MR) is 80.4 cm³/mol. The number of hydrogen-bond acceptors (Lipinski definition) is 2. The quantitative estimate of drug-likeness (QED) is 0.840. The minimum Gasteiger partial charge on any atom is -0.355 e. The average molecular weight is 328 g/mol. The summed E-state index contributed by atoms with van der Waals surface area (Å²) in [6.07, 6.45) is 2.95. The summed E-state index contributed by atoms with van der Waals surface area (Å²) < 4.78 is 0. The van der Waals surface area contributed by atoms with Crippen LogP contribution >= 0.6 is 27.7 Å². The number of carbonyl (C=O) groups excluding carboxylic acids is 1. The van der Waals surface area contributed by atoms with Gasteiger partial charge in [0, 0.05) is 16.3 Å². The molecule has 1 aliphatic heterocycles. The fourth-order valence-electron chi connectivity index (χ4n) is 2.00. The number of amides is 1. The highest BCUT2D eigenvalue weighted by Gasteiger charge is 2.27. The lowest BCUT2D eigenvalue weighted by Crippen LogP contribution is -2.33. The highest BCUT2D eigenvalue weighted by Crippen LogP contribution is 2.36. The van der Waals surface area contributed by atoms with Crippen molar-refractivity contribution >= 4 is 33.6 Å². The summed E-state index contributed by atoms with van der Waals surface area (Å²) in [5.41, 5.74) is 1.30. The third kappa shape index (κ3) is 3.51. The number of hydrogen-bond donors (Lipinski definition) is 1. The van der Waals surface area contributed by atoms with Gasteiger partial charge in [-0.25, -0.2) is 0 Å². The first-order chi connectivity index (χ1) is 8.70. The van der Waals surface area contributed by atoms with Crippen molar-refractivity contribution in [3.05, 3.63) is 29.8 Å². The number of carbonyl (C=O) groups is 1. The van der Waals surface area contributed by atoms with Crippen LogP contribution in [0.4, 0.5) is 0 Å². The Balaban J connectivity index is 1.79. The fourth-order valence-corrected chi connectivity index (χ4v) is 3.45. The van der Waals surface area contributed by atoms with E-state index in [1.165, 1.54) is 10.5 Å². The highest BCUT2D eigenvalue weighted by atomic mass is 79.9. The van der Waals surface area contributed by atoms with E-state index >= 15 is 0 Å². The van der Waals surface area contributed by atoms with Gasteiger partial charge in [0.1, 0.15) is 0 Å². The summed E-state index contributed by atoms with van der Waals surface area (Å²) in [5.74, 6) is 0.173. The summed E-state index contributed by atoms with van der Waals surface area (Å²) in [7, 11) is 0.